The van der Waals surface area contributed by atoms with Crippen molar-refractivity contribution in [1.29, 1.82) is 0 Å². The van der Waals surface area contributed by atoms with Crippen LogP contribution in [0, 0.1) is 0 Å². The summed E-state index contributed by atoms with van der Waals surface area (Å²) in [7, 11) is 1.40. The molecule has 0 aliphatic carbocycles. The number of methoxy groups -OCH3 is 1. The molecule has 0 amide bonds. The number of ether oxygens (including phenoxy) is 1. The highest BCUT2D eigenvalue weighted by molar-refractivity contribution is 6.08. The molecule has 1 unspecified atom stereocenters. The fourth-order valence-corrected chi connectivity index (χ4v) is 3.02. The van der Waals surface area contributed by atoms with Crippen molar-refractivity contribution in [3.63, 3.8) is 0 Å². The van der Waals surface area contributed by atoms with Crippen LogP contribution in [0.1, 0.15) is 35.1 Å². The van der Waals surface area contributed by atoms with Crippen LogP contribution in [0.15, 0.2) is 42.5 Å². The number of hydrogen-bond donors (Lipinski definition) is 0. The Morgan fingerprint density at radius 3 is 2.52 bits per heavy atom. The summed E-state index contributed by atoms with van der Waals surface area (Å²) in [5.74, 6) is -0.269. The lowest BCUT2D eigenvalue weighted by molar-refractivity contribution is -0.146. The Bertz CT molecular complexity index is 702. The van der Waals surface area contributed by atoms with Crippen molar-refractivity contribution in [1.82, 2.24) is 4.57 Å². The normalized spacial score (nSPS) is 20.1. The first-order valence-electron chi connectivity index (χ1n) is 6.96. The third-order valence-corrected chi connectivity index (χ3v) is 4.29. The molecule has 0 radical (unpaired) electrons. The Labute approximate surface area is 123 Å². The summed E-state index contributed by atoms with van der Waals surface area (Å²) in [5.41, 5.74) is 1.48. The number of esters is 1. The molecule has 1 aromatic heterocycles. The van der Waals surface area contributed by atoms with Crippen LogP contribution in [0.2, 0.25) is 0 Å². The average Bonchev–Trinajstić information content (AvgIpc) is 3.09. The smallest absolute Gasteiger partial charge is 0.317 e. The van der Waals surface area contributed by atoms with Crippen molar-refractivity contribution < 1.29 is 14.3 Å². The molecule has 4 nitrogen and oxygen atoms in total. The second-order valence-electron chi connectivity index (χ2n) is 5.52. The molecule has 21 heavy (non-hydrogen) atoms. The summed E-state index contributed by atoms with van der Waals surface area (Å²) in [6.45, 7) is 2.52. The first-order chi connectivity index (χ1) is 10.1. The number of aromatic nitrogens is 1. The Balaban J connectivity index is 2.01. The van der Waals surface area contributed by atoms with Crippen molar-refractivity contribution in [2.45, 2.75) is 25.3 Å². The molecule has 3 rings (SSSR count). The number of fused-ring (bicyclic) bond motifs is 1. The zero-order valence-electron chi connectivity index (χ0n) is 12.1. The highest BCUT2D eigenvalue weighted by Gasteiger charge is 2.43. The maximum atomic E-state index is 12.6. The molecule has 0 fully saturated rings. The summed E-state index contributed by atoms with van der Waals surface area (Å²) in [4.78, 5) is 24.6. The van der Waals surface area contributed by atoms with Crippen molar-refractivity contribution in [2.75, 3.05) is 7.11 Å². The number of hydrogen-bond acceptors (Lipinski definition) is 3. The van der Waals surface area contributed by atoms with Gasteiger partial charge in [-0.1, -0.05) is 30.3 Å². The van der Waals surface area contributed by atoms with Gasteiger partial charge in [0, 0.05) is 17.8 Å². The standard InChI is InChI=1S/C17H17NO3/c1-17(16(20)21-2)10-11-18-13(8-9-14(17)18)15(19)12-6-4-3-5-7-12/h3-9H,10-11H2,1-2H3. The number of rotatable bonds is 3. The Morgan fingerprint density at radius 1 is 1.14 bits per heavy atom. The second-order valence-corrected chi connectivity index (χ2v) is 5.52. The van der Waals surface area contributed by atoms with E-state index in [9.17, 15) is 9.59 Å². The number of carbonyl (C=O) groups excluding carboxylic acids is 2. The van der Waals surface area contributed by atoms with E-state index in [-0.39, 0.29) is 11.8 Å². The molecular weight excluding hydrogens is 266 g/mol. The van der Waals surface area contributed by atoms with Gasteiger partial charge in [0.1, 0.15) is 5.41 Å². The zero-order valence-corrected chi connectivity index (χ0v) is 12.1. The van der Waals surface area contributed by atoms with Crippen molar-refractivity contribution in [3.05, 3.63) is 59.4 Å². The summed E-state index contributed by atoms with van der Waals surface area (Å²) >= 11 is 0. The Hall–Kier alpha value is -2.36. The lowest BCUT2D eigenvalue weighted by Gasteiger charge is -2.19. The van der Waals surface area contributed by atoms with Crippen LogP contribution in [0.4, 0.5) is 0 Å². The van der Waals surface area contributed by atoms with E-state index in [1.54, 1.807) is 18.2 Å². The Kier molecular flexibility index (Phi) is 3.16. The molecule has 1 aromatic carbocycles. The molecule has 1 atom stereocenters. The van der Waals surface area contributed by atoms with Gasteiger partial charge >= 0.3 is 5.97 Å². The predicted molar refractivity (Wildman–Crippen MR) is 78.3 cm³/mol. The van der Waals surface area contributed by atoms with E-state index in [1.807, 2.05) is 35.8 Å². The number of ketones is 1. The minimum absolute atomic E-state index is 0.0176. The lowest BCUT2D eigenvalue weighted by Crippen LogP contribution is -2.31. The topological polar surface area (TPSA) is 48.3 Å². The van der Waals surface area contributed by atoms with Crippen LogP contribution in [-0.2, 0) is 21.5 Å². The molecule has 4 heteroatoms. The number of nitrogens with zero attached hydrogens (tertiary/aromatic N) is 1. The maximum Gasteiger partial charge on any atom is 0.317 e. The first kappa shape index (κ1) is 13.6. The molecule has 0 saturated heterocycles. The number of carbonyl (C=O) groups is 2. The van der Waals surface area contributed by atoms with Gasteiger partial charge in [-0.25, -0.2) is 0 Å². The monoisotopic (exact) mass is 283 g/mol. The molecule has 0 saturated carbocycles. The third kappa shape index (κ3) is 1.98. The molecular formula is C17H17NO3. The van der Waals surface area contributed by atoms with Gasteiger partial charge in [0.25, 0.3) is 0 Å². The molecule has 108 valence electrons. The van der Waals surface area contributed by atoms with Crippen LogP contribution in [-0.4, -0.2) is 23.4 Å². The van der Waals surface area contributed by atoms with Gasteiger partial charge in [-0.2, -0.15) is 0 Å². The second kappa shape index (κ2) is 4.88. The molecule has 1 aliphatic heterocycles. The van der Waals surface area contributed by atoms with Gasteiger partial charge in [0.15, 0.2) is 0 Å². The van der Waals surface area contributed by atoms with Crippen molar-refractivity contribution in [2.24, 2.45) is 0 Å². The van der Waals surface area contributed by atoms with Gasteiger partial charge in [0.2, 0.25) is 5.78 Å². The zero-order chi connectivity index (χ0) is 15.0. The van der Waals surface area contributed by atoms with E-state index in [2.05, 4.69) is 0 Å². The molecule has 2 aromatic rings. The van der Waals surface area contributed by atoms with Gasteiger partial charge in [-0.05, 0) is 25.5 Å². The summed E-state index contributed by atoms with van der Waals surface area (Å²) in [6, 6.07) is 12.8. The molecule has 2 heterocycles. The van der Waals surface area contributed by atoms with E-state index >= 15 is 0 Å². The summed E-state index contributed by atoms with van der Waals surface area (Å²) in [6.07, 6.45) is 0.658. The third-order valence-electron chi connectivity index (χ3n) is 4.29. The largest absolute Gasteiger partial charge is 0.468 e. The van der Waals surface area contributed by atoms with Crippen LogP contribution in [0.5, 0.6) is 0 Å². The van der Waals surface area contributed by atoms with Crippen LogP contribution >= 0.6 is 0 Å². The van der Waals surface area contributed by atoms with E-state index in [0.29, 0.717) is 24.2 Å². The number of benzene rings is 1. The van der Waals surface area contributed by atoms with Crippen LogP contribution < -0.4 is 0 Å². The lowest BCUT2D eigenvalue weighted by atomic mass is 9.86. The summed E-state index contributed by atoms with van der Waals surface area (Å²) < 4.78 is 6.85. The minimum Gasteiger partial charge on any atom is -0.468 e. The van der Waals surface area contributed by atoms with Gasteiger partial charge in [-0.3, -0.25) is 9.59 Å². The first-order valence-corrected chi connectivity index (χ1v) is 6.96. The minimum atomic E-state index is -0.663. The van der Waals surface area contributed by atoms with E-state index in [4.69, 9.17) is 4.74 Å². The molecule has 0 bridgehead atoms. The van der Waals surface area contributed by atoms with Crippen molar-refractivity contribution >= 4 is 11.8 Å². The molecule has 0 spiro atoms. The maximum absolute atomic E-state index is 12.6. The van der Waals surface area contributed by atoms with Gasteiger partial charge < -0.3 is 9.30 Å². The fourth-order valence-electron chi connectivity index (χ4n) is 3.02. The van der Waals surface area contributed by atoms with E-state index in [0.717, 1.165) is 5.69 Å². The van der Waals surface area contributed by atoms with Crippen LogP contribution in [0.3, 0.4) is 0 Å². The quantitative estimate of drug-likeness (QED) is 0.642. The van der Waals surface area contributed by atoms with Gasteiger partial charge in [-0.15, -0.1) is 0 Å². The van der Waals surface area contributed by atoms with Gasteiger partial charge in [0.05, 0.1) is 12.8 Å². The van der Waals surface area contributed by atoms with Crippen molar-refractivity contribution in [3.8, 4) is 0 Å². The van der Waals surface area contributed by atoms with Crippen LogP contribution in [0.25, 0.3) is 0 Å². The Morgan fingerprint density at radius 2 is 1.86 bits per heavy atom. The van der Waals surface area contributed by atoms with E-state index in [1.165, 1.54) is 7.11 Å². The molecule has 0 N–H and O–H groups in total. The molecule has 1 aliphatic rings. The highest BCUT2D eigenvalue weighted by atomic mass is 16.5. The summed E-state index contributed by atoms with van der Waals surface area (Å²) in [5, 5.41) is 0. The fraction of sp³-hybridized carbons (Fsp3) is 0.294. The highest BCUT2D eigenvalue weighted by Crippen LogP contribution is 2.37. The SMILES string of the molecule is COC(=O)C1(C)CCn2c(C(=O)c3ccccc3)ccc21. The van der Waals surface area contributed by atoms with E-state index < -0.39 is 5.41 Å². The average molecular weight is 283 g/mol. The predicted octanol–water partition coefficient (Wildman–Crippen LogP) is 2.55.